The second-order valence-corrected chi connectivity index (χ2v) is 4.01. The lowest BCUT2D eigenvalue weighted by atomic mass is 10.1. The second kappa shape index (κ2) is 5.14. The van der Waals surface area contributed by atoms with Crippen molar-refractivity contribution in [3.05, 3.63) is 52.7 Å². The molecule has 1 aromatic heterocycles. The van der Waals surface area contributed by atoms with Crippen LogP contribution in [0.3, 0.4) is 0 Å². The number of hydrogen-bond acceptors (Lipinski definition) is 3. The van der Waals surface area contributed by atoms with Crippen LogP contribution in [0.4, 0.5) is 0 Å². The van der Waals surface area contributed by atoms with Gasteiger partial charge < -0.3 is 10.2 Å². The number of halogens is 1. The Morgan fingerprint density at radius 3 is 3.00 bits per heavy atom. The first-order valence-electron chi connectivity index (χ1n) is 5.15. The van der Waals surface area contributed by atoms with Crippen molar-refractivity contribution in [2.24, 2.45) is 5.73 Å². The highest BCUT2D eigenvalue weighted by molar-refractivity contribution is 6.30. The van der Waals surface area contributed by atoms with Gasteiger partial charge in [0.05, 0.1) is 5.69 Å². The average Bonchev–Trinajstić information content (AvgIpc) is 2.66. The third-order valence-corrected chi connectivity index (χ3v) is 2.48. The van der Waals surface area contributed by atoms with Crippen LogP contribution >= 0.6 is 11.6 Å². The van der Waals surface area contributed by atoms with Gasteiger partial charge in [-0.05, 0) is 24.2 Å². The van der Waals surface area contributed by atoms with Crippen molar-refractivity contribution in [1.29, 1.82) is 0 Å². The number of benzene rings is 1. The molecule has 16 heavy (non-hydrogen) atoms. The predicted octanol–water partition coefficient (Wildman–Crippen LogP) is 2.42. The number of rotatable bonds is 4. The largest absolute Gasteiger partial charge is 0.448 e. The Hall–Kier alpha value is -1.32. The van der Waals surface area contributed by atoms with Crippen LogP contribution in [0.15, 0.2) is 34.9 Å². The van der Waals surface area contributed by atoms with E-state index < -0.39 is 0 Å². The number of hydrogen-bond donors (Lipinski definition) is 1. The van der Waals surface area contributed by atoms with Crippen molar-refractivity contribution in [2.45, 2.75) is 12.8 Å². The van der Waals surface area contributed by atoms with Gasteiger partial charge >= 0.3 is 0 Å². The maximum Gasteiger partial charge on any atom is 0.198 e. The van der Waals surface area contributed by atoms with E-state index in [0.717, 1.165) is 22.7 Å². The lowest BCUT2D eigenvalue weighted by Gasteiger charge is -1.97. The van der Waals surface area contributed by atoms with Crippen LogP contribution in [0.2, 0.25) is 5.02 Å². The number of oxazole rings is 1. The molecule has 0 bridgehead atoms. The first-order valence-corrected chi connectivity index (χ1v) is 5.53. The molecular weight excluding hydrogens is 224 g/mol. The summed E-state index contributed by atoms with van der Waals surface area (Å²) in [5.74, 6) is 0.700. The molecule has 0 fully saturated rings. The average molecular weight is 237 g/mol. The Bertz CT molecular complexity index is 468. The fraction of sp³-hybridized carbons (Fsp3) is 0.250. The van der Waals surface area contributed by atoms with Crippen LogP contribution in [-0.2, 0) is 12.8 Å². The van der Waals surface area contributed by atoms with Crippen molar-refractivity contribution >= 4 is 11.6 Å². The summed E-state index contributed by atoms with van der Waals surface area (Å²) < 4.78 is 5.35. The SMILES string of the molecule is NCCc1coc(Cc2cccc(Cl)c2)n1. The first kappa shape index (κ1) is 11.2. The van der Waals surface area contributed by atoms with E-state index in [-0.39, 0.29) is 0 Å². The minimum Gasteiger partial charge on any atom is -0.448 e. The summed E-state index contributed by atoms with van der Waals surface area (Å²) in [6.45, 7) is 0.586. The third-order valence-electron chi connectivity index (χ3n) is 2.24. The Kier molecular flexibility index (Phi) is 3.59. The first-order chi connectivity index (χ1) is 7.78. The molecule has 1 aromatic carbocycles. The molecule has 0 aliphatic carbocycles. The monoisotopic (exact) mass is 236 g/mol. The van der Waals surface area contributed by atoms with Gasteiger partial charge in [0.1, 0.15) is 6.26 Å². The van der Waals surface area contributed by atoms with E-state index >= 15 is 0 Å². The van der Waals surface area contributed by atoms with Gasteiger partial charge in [-0.1, -0.05) is 23.7 Å². The van der Waals surface area contributed by atoms with Gasteiger partial charge in [0.2, 0.25) is 0 Å². The lowest BCUT2D eigenvalue weighted by molar-refractivity contribution is 0.506. The highest BCUT2D eigenvalue weighted by Gasteiger charge is 2.04. The zero-order valence-electron chi connectivity index (χ0n) is 8.82. The maximum atomic E-state index is 5.90. The van der Waals surface area contributed by atoms with Crippen LogP contribution in [-0.4, -0.2) is 11.5 Å². The van der Waals surface area contributed by atoms with Gasteiger partial charge in [0.15, 0.2) is 5.89 Å². The van der Waals surface area contributed by atoms with Crippen molar-refractivity contribution in [1.82, 2.24) is 4.98 Å². The van der Waals surface area contributed by atoms with Crippen LogP contribution < -0.4 is 5.73 Å². The third kappa shape index (κ3) is 2.84. The number of nitrogens with zero attached hydrogens (tertiary/aromatic N) is 1. The van der Waals surface area contributed by atoms with Crippen LogP contribution in [0.5, 0.6) is 0 Å². The van der Waals surface area contributed by atoms with E-state index in [0.29, 0.717) is 18.9 Å². The van der Waals surface area contributed by atoms with E-state index in [2.05, 4.69) is 4.98 Å². The molecule has 0 aliphatic heterocycles. The molecule has 3 nitrogen and oxygen atoms in total. The van der Waals surface area contributed by atoms with E-state index in [1.54, 1.807) is 6.26 Å². The fourth-order valence-electron chi connectivity index (χ4n) is 1.51. The number of aromatic nitrogens is 1. The minimum atomic E-state index is 0.586. The highest BCUT2D eigenvalue weighted by atomic mass is 35.5. The Morgan fingerprint density at radius 2 is 2.25 bits per heavy atom. The molecule has 2 rings (SSSR count). The van der Waals surface area contributed by atoms with Crippen LogP contribution in [0.1, 0.15) is 17.1 Å². The molecule has 2 N–H and O–H groups in total. The summed E-state index contributed by atoms with van der Waals surface area (Å²) in [6, 6.07) is 7.68. The molecule has 1 heterocycles. The van der Waals surface area contributed by atoms with Crippen LogP contribution in [0, 0.1) is 0 Å². The standard InChI is InChI=1S/C12H13ClN2O/c13-10-3-1-2-9(6-10)7-12-15-11(4-5-14)8-16-12/h1-3,6,8H,4-5,7,14H2. The number of nitrogens with two attached hydrogens (primary N) is 1. The van der Waals surface area contributed by atoms with E-state index in [9.17, 15) is 0 Å². The molecule has 0 aliphatic rings. The van der Waals surface area contributed by atoms with E-state index in [4.69, 9.17) is 21.8 Å². The molecule has 84 valence electrons. The smallest absolute Gasteiger partial charge is 0.198 e. The van der Waals surface area contributed by atoms with Gasteiger partial charge in [-0.15, -0.1) is 0 Å². The van der Waals surface area contributed by atoms with Crippen molar-refractivity contribution < 1.29 is 4.42 Å². The second-order valence-electron chi connectivity index (χ2n) is 3.58. The van der Waals surface area contributed by atoms with Crippen molar-refractivity contribution in [3.63, 3.8) is 0 Å². The van der Waals surface area contributed by atoms with Gasteiger partial charge in [0, 0.05) is 17.9 Å². The van der Waals surface area contributed by atoms with Gasteiger partial charge in [-0.3, -0.25) is 0 Å². The van der Waals surface area contributed by atoms with Gasteiger partial charge in [-0.2, -0.15) is 0 Å². The van der Waals surface area contributed by atoms with Crippen molar-refractivity contribution in [3.8, 4) is 0 Å². The summed E-state index contributed by atoms with van der Waals surface area (Å²) in [7, 11) is 0. The quantitative estimate of drug-likeness (QED) is 0.887. The Balaban J connectivity index is 2.08. The summed E-state index contributed by atoms with van der Waals surface area (Å²) in [6.07, 6.45) is 3.07. The molecule has 0 spiro atoms. The summed E-state index contributed by atoms with van der Waals surface area (Å²) in [4.78, 5) is 4.34. The van der Waals surface area contributed by atoms with Crippen molar-refractivity contribution in [2.75, 3.05) is 6.54 Å². The molecule has 4 heteroatoms. The summed E-state index contributed by atoms with van der Waals surface area (Å²) >= 11 is 5.90. The molecule has 0 saturated carbocycles. The highest BCUT2D eigenvalue weighted by Crippen LogP contribution is 2.14. The molecule has 0 amide bonds. The Labute approximate surface area is 99.2 Å². The minimum absolute atomic E-state index is 0.586. The van der Waals surface area contributed by atoms with Crippen LogP contribution in [0.25, 0.3) is 0 Å². The van der Waals surface area contributed by atoms with E-state index in [1.165, 1.54) is 0 Å². The maximum absolute atomic E-state index is 5.90. The molecular formula is C12H13ClN2O. The van der Waals surface area contributed by atoms with E-state index in [1.807, 2.05) is 24.3 Å². The normalized spacial score (nSPS) is 10.6. The van der Waals surface area contributed by atoms with Gasteiger partial charge in [0.25, 0.3) is 0 Å². The molecule has 2 aromatic rings. The molecule has 0 radical (unpaired) electrons. The topological polar surface area (TPSA) is 52.0 Å². The fourth-order valence-corrected chi connectivity index (χ4v) is 1.73. The zero-order valence-corrected chi connectivity index (χ0v) is 9.57. The van der Waals surface area contributed by atoms with Gasteiger partial charge in [-0.25, -0.2) is 4.98 Å². The molecule has 0 atom stereocenters. The molecule has 0 saturated heterocycles. The summed E-state index contributed by atoms with van der Waals surface area (Å²) in [5.41, 5.74) is 7.44. The summed E-state index contributed by atoms with van der Waals surface area (Å²) in [5, 5.41) is 0.728. The molecule has 0 unspecified atom stereocenters. The predicted molar refractivity (Wildman–Crippen MR) is 63.5 cm³/mol. The Morgan fingerprint density at radius 1 is 1.38 bits per heavy atom. The lowest BCUT2D eigenvalue weighted by Crippen LogP contribution is -2.02. The zero-order chi connectivity index (χ0) is 11.4.